The summed E-state index contributed by atoms with van der Waals surface area (Å²) in [4.78, 5) is 21.6. The Kier molecular flexibility index (Phi) is 4.03. The number of carbonyl (C=O) groups is 1. The molecule has 1 aromatic rings. The summed E-state index contributed by atoms with van der Waals surface area (Å²) in [5.41, 5.74) is 0.266. The van der Waals surface area contributed by atoms with Crippen LogP contribution in [0.2, 0.25) is 0 Å². The molecule has 0 heterocycles. The first-order valence-corrected chi connectivity index (χ1v) is 5.01. The van der Waals surface area contributed by atoms with Crippen molar-refractivity contribution in [1.29, 1.82) is 0 Å². The van der Waals surface area contributed by atoms with Crippen LogP contribution in [0.15, 0.2) is 12.1 Å². The van der Waals surface area contributed by atoms with Crippen molar-refractivity contribution in [2.75, 3.05) is 13.7 Å². The van der Waals surface area contributed by atoms with Crippen molar-refractivity contribution in [2.24, 2.45) is 0 Å². The highest BCUT2D eigenvalue weighted by molar-refractivity contribution is 5.94. The molecule has 0 radical (unpaired) electrons. The van der Waals surface area contributed by atoms with Crippen LogP contribution in [-0.2, 0) is 4.74 Å². The van der Waals surface area contributed by atoms with E-state index in [1.807, 2.05) is 0 Å². The van der Waals surface area contributed by atoms with E-state index >= 15 is 0 Å². The van der Waals surface area contributed by atoms with Crippen molar-refractivity contribution in [2.45, 2.75) is 13.8 Å². The number of nitrogens with zero attached hydrogens (tertiary/aromatic N) is 1. The zero-order valence-corrected chi connectivity index (χ0v) is 9.85. The van der Waals surface area contributed by atoms with Gasteiger partial charge in [-0.2, -0.15) is 0 Å². The van der Waals surface area contributed by atoms with Crippen LogP contribution in [0.1, 0.15) is 22.8 Å². The Hall–Kier alpha value is -2.11. The van der Waals surface area contributed by atoms with Crippen LogP contribution in [0.5, 0.6) is 5.75 Å². The molecule has 0 aliphatic carbocycles. The first kappa shape index (κ1) is 13.0. The van der Waals surface area contributed by atoms with Crippen LogP contribution >= 0.6 is 0 Å². The number of hydrogen-bond acceptors (Lipinski definition) is 5. The van der Waals surface area contributed by atoms with Gasteiger partial charge in [0, 0.05) is 0 Å². The van der Waals surface area contributed by atoms with Gasteiger partial charge in [0.15, 0.2) is 0 Å². The summed E-state index contributed by atoms with van der Waals surface area (Å²) in [7, 11) is 1.18. The number of esters is 1. The van der Waals surface area contributed by atoms with Crippen LogP contribution in [0.25, 0.3) is 0 Å². The summed E-state index contributed by atoms with van der Waals surface area (Å²) in [6.45, 7) is 3.89. The second-order valence-electron chi connectivity index (χ2n) is 3.32. The second kappa shape index (κ2) is 5.29. The van der Waals surface area contributed by atoms with E-state index in [-0.39, 0.29) is 11.3 Å². The van der Waals surface area contributed by atoms with E-state index in [2.05, 4.69) is 4.74 Å². The minimum atomic E-state index is -0.733. The molecule has 0 aliphatic heterocycles. The Morgan fingerprint density at radius 2 is 2.12 bits per heavy atom. The lowest BCUT2D eigenvalue weighted by atomic mass is 10.1. The maximum atomic E-state index is 11.4. The third-order valence-electron chi connectivity index (χ3n) is 2.20. The number of carbonyl (C=O) groups excluding carboxylic acids is 1. The third kappa shape index (κ3) is 2.72. The fraction of sp³-hybridized carbons (Fsp3) is 0.364. The maximum Gasteiger partial charge on any atom is 0.344 e. The van der Waals surface area contributed by atoms with Gasteiger partial charge in [-0.05, 0) is 25.5 Å². The van der Waals surface area contributed by atoms with Crippen LogP contribution in [0, 0.1) is 17.0 Å². The number of nitro benzene ring substituents is 1. The molecule has 0 fully saturated rings. The molecule has 0 amide bonds. The van der Waals surface area contributed by atoms with E-state index in [0.29, 0.717) is 17.9 Å². The monoisotopic (exact) mass is 239 g/mol. The Morgan fingerprint density at radius 1 is 1.47 bits per heavy atom. The topological polar surface area (TPSA) is 78.7 Å². The predicted octanol–water partition coefficient (Wildman–Crippen LogP) is 2.09. The van der Waals surface area contributed by atoms with Gasteiger partial charge in [0.05, 0.1) is 24.7 Å². The zero-order chi connectivity index (χ0) is 13.0. The van der Waals surface area contributed by atoms with Gasteiger partial charge in [0.2, 0.25) is 0 Å². The Balaban J connectivity index is 3.35. The third-order valence-corrected chi connectivity index (χ3v) is 2.20. The van der Waals surface area contributed by atoms with Gasteiger partial charge in [-0.15, -0.1) is 0 Å². The first-order valence-electron chi connectivity index (χ1n) is 5.01. The fourth-order valence-electron chi connectivity index (χ4n) is 1.41. The quantitative estimate of drug-likeness (QED) is 0.456. The molecule has 92 valence electrons. The van der Waals surface area contributed by atoms with Gasteiger partial charge in [-0.25, -0.2) is 4.79 Å². The lowest BCUT2D eigenvalue weighted by molar-refractivity contribution is -0.385. The smallest absolute Gasteiger partial charge is 0.344 e. The van der Waals surface area contributed by atoms with E-state index in [4.69, 9.17) is 4.74 Å². The van der Waals surface area contributed by atoms with Gasteiger partial charge in [-0.1, -0.05) is 0 Å². The number of rotatable bonds is 4. The molecule has 0 saturated heterocycles. The Morgan fingerprint density at radius 3 is 2.59 bits per heavy atom. The van der Waals surface area contributed by atoms with Crippen molar-refractivity contribution in [3.05, 3.63) is 33.4 Å². The summed E-state index contributed by atoms with van der Waals surface area (Å²) < 4.78 is 9.74. The molecule has 0 atom stereocenters. The molecule has 0 saturated carbocycles. The second-order valence-corrected chi connectivity index (χ2v) is 3.32. The van der Waals surface area contributed by atoms with E-state index < -0.39 is 10.9 Å². The summed E-state index contributed by atoms with van der Waals surface area (Å²) in [5, 5.41) is 10.9. The normalized spacial score (nSPS) is 9.82. The predicted molar refractivity (Wildman–Crippen MR) is 60.3 cm³/mol. The summed E-state index contributed by atoms with van der Waals surface area (Å²) >= 11 is 0. The van der Waals surface area contributed by atoms with Gasteiger partial charge >= 0.3 is 5.97 Å². The molecule has 1 aromatic carbocycles. The summed E-state index contributed by atoms with van der Waals surface area (Å²) in [6.07, 6.45) is 0. The average molecular weight is 239 g/mol. The molecule has 0 N–H and O–H groups in total. The molecule has 6 heteroatoms. The molecule has 17 heavy (non-hydrogen) atoms. The number of hydrogen-bond donors (Lipinski definition) is 0. The largest absolute Gasteiger partial charge is 0.493 e. The summed E-state index contributed by atoms with van der Waals surface area (Å²) in [6, 6.07) is 2.64. The highest BCUT2D eigenvalue weighted by atomic mass is 16.6. The van der Waals surface area contributed by atoms with Crippen LogP contribution in [-0.4, -0.2) is 24.6 Å². The molecule has 0 aromatic heterocycles. The molecule has 0 aliphatic rings. The molecule has 0 unspecified atom stereocenters. The van der Waals surface area contributed by atoms with Crippen molar-refractivity contribution >= 4 is 11.7 Å². The molecule has 6 nitrogen and oxygen atoms in total. The Bertz CT molecular complexity index is 455. The first-order chi connectivity index (χ1) is 8.01. The zero-order valence-electron chi connectivity index (χ0n) is 9.85. The van der Waals surface area contributed by atoms with Gasteiger partial charge in [0.1, 0.15) is 11.3 Å². The molecule has 1 rings (SSSR count). The van der Waals surface area contributed by atoms with Crippen LogP contribution < -0.4 is 4.74 Å². The fourth-order valence-corrected chi connectivity index (χ4v) is 1.41. The number of aryl methyl sites for hydroxylation is 1. The van der Waals surface area contributed by atoms with Crippen molar-refractivity contribution in [1.82, 2.24) is 0 Å². The van der Waals surface area contributed by atoms with Crippen molar-refractivity contribution in [3.8, 4) is 5.75 Å². The molecular formula is C11H13NO5. The minimum absolute atomic E-state index is 0.0709. The van der Waals surface area contributed by atoms with Crippen molar-refractivity contribution in [3.63, 3.8) is 0 Å². The summed E-state index contributed by atoms with van der Waals surface area (Å²) in [5.74, 6) is -0.338. The lowest BCUT2D eigenvalue weighted by Crippen LogP contribution is -2.07. The van der Waals surface area contributed by atoms with Gasteiger partial charge < -0.3 is 9.47 Å². The highest BCUT2D eigenvalue weighted by Gasteiger charge is 2.23. The number of ether oxygens (including phenoxy) is 2. The van der Waals surface area contributed by atoms with E-state index in [9.17, 15) is 14.9 Å². The molecule has 0 bridgehead atoms. The molecule has 0 spiro atoms. The average Bonchev–Trinajstić information content (AvgIpc) is 2.30. The van der Waals surface area contributed by atoms with E-state index in [0.717, 1.165) is 0 Å². The number of methoxy groups -OCH3 is 1. The number of benzene rings is 1. The highest BCUT2D eigenvalue weighted by Crippen LogP contribution is 2.29. The van der Waals surface area contributed by atoms with E-state index in [1.54, 1.807) is 13.8 Å². The van der Waals surface area contributed by atoms with Crippen LogP contribution in [0.3, 0.4) is 0 Å². The standard InChI is InChI=1S/C11H13NO5/c1-4-17-10-6-9(12(14)15)8(5-7(10)2)11(13)16-3/h5-6H,4H2,1-3H3. The SMILES string of the molecule is CCOc1cc([N+](=O)[O-])c(C(=O)OC)cc1C. The maximum absolute atomic E-state index is 11.4. The molecular weight excluding hydrogens is 226 g/mol. The Labute approximate surface area is 98.3 Å². The van der Waals surface area contributed by atoms with Gasteiger partial charge in [-0.3, -0.25) is 10.1 Å². The van der Waals surface area contributed by atoms with E-state index in [1.165, 1.54) is 19.2 Å². The van der Waals surface area contributed by atoms with Crippen LogP contribution in [0.4, 0.5) is 5.69 Å². The minimum Gasteiger partial charge on any atom is -0.493 e. The van der Waals surface area contributed by atoms with Crippen molar-refractivity contribution < 1.29 is 19.2 Å². The number of nitro groups is 1. The lowest BCUT2D eigenvalue weighted by Gasteiger charge is -2.08. The van der Waals surface area contributed by atoms with Gasteiger partial charge in [0.25, 0.3) is 5.69 Å².